The van der Waals surface area contributed by atoms with Crippen molar-refractivity contribution in [1.82, 2.24) is 19.3 Å². The summed E-state index contributed by atoms with van der Waals surface area (Å²) in [6.07, 6.45) is 6.78. The maximum Gasteiger partial charge on any atom is 0.409 e. The number of hydrogen-bond acceptors (Lipinski definition) is 14. The number of imide groups is 1. The van der Waals surface area contributed by atoms with Gasteiger partial charge in [-0.05, 0) is 88.7 Å². The van der Waals surface area contributed by atoms with E-state index in [4.69, 9.17) is 35.3 Å². The molecule has 2 unspecified atom stereocenters. The number of thioether (sulfide) groups is 1. The van der Waals surface area contributed by atoms with E-state index in [0.717, 1.165) is 24.0 Å². The molecule has 20 heteroatoms. The molecular weight excluding hydrogens is 1010 g/mol. The van der Waals surface area contributed by atoms with Crippen molar-refractivity contribution < 1.29 is 57.6 Å². The first kappa shape index (κ1) is 52.1. The van der Waals surface area contributed by atoms with Crippen LogP contribution in [-0.2, 0) is 49.3 Å². The smallest absolute Gasteiger partial charge is 0.409 e. The third-order valence-electron chi connectivity index (χ3n) is 13.6. The van der Waals surface area contributed by atoms with Gasteiger partial charge in [-0.2, -0.15) is 3.64 Å². The molecule has 0 spiro atoms. The minimum atomic E-state index is -1.84. The van der Waals surface area contributed by atoms with Crippen molar-refractivity contribution in [2.24, 2.45) is 17.8 Å². The van der Waals surface area contributed by atoms with Gasteiger partial charge in [0.05, 0.1) is 23.6 Å². The fraction of sp³-hybridized carbons (Fsp3) is 0.652. The number of alkyl carbamates (subject to hydrolysis) is 1. The van der Waals surface area contributed by atoms with Gasteiger partial charge in [0.15, 0.2) is 11.5 Å². The lowest BCUT2D eigenvalue weighted by Crippen LogP contribution is -2.71. The van der Waals surface area contributed by atoms with Gasteiger partial charge in [-0.3, -0.25) is 39.6 Å². The zero-order chi connectivity index (χ0) is 48.0. The molecule has 7 rings (SSSR count). The van der Waals surface area contributed by atoms with Gasteiger partial charge in [0.2, 0.25) is 23.6 Å². The van der Waals surface area contributed by atoms with Crippen molar-refractivity contribution in [1.29, 1.82) is 0 Å². The molecule has 1 aliphatic carbocycles. The van der Waals surface area contributed by atoms with Crippen LogP contribution in [0.4, 0.5) is 10.5 Å². The molecule has 5 aliphatic heterocycles. The summed E-state index contributed by atoms with van der Waals surface area (Å²) in [6.45, 7) is 5.94. The van der Waals surface area contributed by atoms with Gasteiger partial charge >= 0.3 is 6.09 Å². The maximum absolute atomic E-state index is 14.3. The predicted molar refractivity (Wildman–Crippen MR) is 256 cm³/mol. The maximum atomic E-state index is 14.3. The minimum absolute atomic E-state index is 0.0410. The molecule has 0 aromatic heterocycles. The van der Waals surface area contributed by atoms with E-state index in [1.165, 1.54) is 35.8 Å². The molecule has 1 saturated carbocycles. The molecule has 4 N–H and O–H groups in total. The fourth-order valence-corrected chi connectivity index (χ4v) is 11.7. The molecular formula is C46H63ClIN5O12S. The van der Waals surface area contributed by atoms with Crippen LogP contribution in [0.5, 0.6) is 5.75 Å². The standard InChI is InChI=1S/C46H63ClIN5O12S/c1-27-9-7-10-36(62-6)46(60)23-37(64-43(59)49-46)45(3)26-44(2,65-45)31(21-38(55)52(4)33-18-29(17-27)19-34(61-5)40(33)47)20-32(54)25-63-15-8-16-66-35-22-39(56)53(42(35)58)24-28-11-13-30(14-12-28)41(57)50-51-48/h7,9-10,18-19,28,30-31,35-37,51,60H,8,11-17,20-26H2,1-6H3,(H,49,59)(H,50,57)/b10-7+,27-9+/t28-,30-,31-,35?,36+,37-,44+,45?,46-/m0/s1. The largest absolute Gasteiger partial charge is 0.495 e. The summed E-state index contributed by atoms with van der Waals surface area (Å²) < 4.78 is 32.1. The van der Waals surface area contributed by atoms with Crippen LogP contribution in [0.25, 0.3) is 0 Å². The normalized spacial score (nSPS) is 33.0. The van der Waals surface area contributed by atoms with E-state index >= 15 is 0 Å². The second-order valence-electron chi connectivity index (χ2n) is 18.6. The molecule has 66 heavy (non-hydrogen) atoms. The molecule has 1 aromatic carbocycles. The summed E-state index contributed by atoms with van der Waals surface area (Å²) >= 11 is 10.1. The Morgan fingerprint density at radius 2 is 1.80 bits per heavy atom. The quantitative estimate of drug-likeness (QED) is 0.0561. The number of aliphatic hydroxyl groups is 1. The first-order chi connectivity index (χ1) is 31.3. The van der Waals surface area contributed by atoms with E-state index in [2.05, 4.69) is 14.4 Å². The molecule has 4 fully saturated rings. The third kappa shape index (κ3) is 12.3. The molecule has 5 amide bonds. The number of benzene rings is 1. The minimum Gasteiger partial charge on any atom is -0.495 e. The number of methoxy groups -OCH3 is 2. The summed E-state index contributed by atoms with van der Waals surface area (Å²) in [7, 11) is 4.57. The summed E-state index contributed by atoms with van der Waals surface area (Å²) in [6, 6.07) is 3.64. The topological polar surface area (TPSA) is 211 Å². The Morgan fingerprint density at radius 1 is 1.08 bits per heavy atom. The van der Waals surface area contributed by atoms with Crippen LogP contribution in [0.2, 0.25) is 5.02 Å². The van der Waals surface area contributed by atoms with E-state index < -0.39 is 46.4 Å². The number of allylic oxidation sites excluding steroid dienone is 3. The van der Waals surface area contributed by atoms with Crippen molar-refractivity contribution in [2.45, 2.75) is 126 Å². The highest BCUT2D eigenvalue weighted by Gasteiger charge is 2.62. The Kier molecular flexibility index (Phi) is 17.7. The average molecular weight is 1070 g/mol. The lowest BCUT2D eigenvalue weighted by atomic mass is 9.67. The van der Waals surface area contributed by atoms with Crippen LogP contribution >= 0.6 is 46.2 Å². The Morgan fingerprint density at radius 3 is 2.48 bits per heavy atom. The zero-order valence-electron chi connectivity index (χ0n) is 38.5. The number of fused-ring (bicyclic) bond motifs is 6. The highest BCUT2D eigenvalue weighted by molar-refractivity contribution is 14.1. The van der Waals surface area contributed by atoms with Crippen LogP contribution in [0, 0.1) is 17.8 Å². The molecule has 17 nitrogen and oxygen atoms in total. The molecule has 364 valence electrons. The van der Waals surface area contributed by atoms with E-state index in [1.807, 2.05) is 54.9 Å². The van der Waals surface area contributed by atoms with Crippen LogP contribution < -0.4 is 24.0 Å². The van der Waals surface area contributed by atoms with Crippen molar-refractivity contribution in [3.8, 4) is 5.75 Å². The van der Waals surface area contributed by atoms with Gasteiger partial charge in [-0.15, -0.1) is 11.8 Å². The number of hydrazine groups is 1. The van der Waals surface area contributed by atoms with Gasteiger partial charge < -0.3 is 33.7 Å². The molecule has 5 heterocycles. The lowest BCUT2D eigenvalue weighted by Gasteiger charge is -2.60. The SMILES string of the molecule is COc1cc2cc(c1Cl)N(C)C(=O)C[C@H](CC(=O)COCCCSC1CC(=O)N(C[C@H]3CC[C@H](C(=O)NNI)CC3)C1=O)[C@@]1(C)CC(C)(O1)[C@@H]1C[C@@](O)(NC(=O)O1)[C@H](OC)/C=C/C=C(\C)C2. The van der Waals surface area contributed by atoms with E-state index in [-0.39, 0.29) is 91.6 Å². The number of carbonyl (C=O) groups is 6. The van der Waals surface area contributed by atoms with Crippen LogP contribution in [0.1, 0.15) is 90.5 Å². The zero-order valence-corrected chi connectivity index (χ0v) is 42.2. The van der Waals surface area contributed by atoms with Gasteiger partial charge in [-0.25, -0.2) is 4.79 Å². The second-order valence-corrected chi connectivity index (χ2v) is 20.9. The van der Waals surface area contributed by atoms with Crippen LogP contribution in [0.15, 0.2) is 35.9 Å². The van der Waals surface area contributed by atoms with Crippen LogP contribution in [0.3, 0.4) is 0 Å². The Bertz CT molecular complexity index is 2060. The molecule has 6 aliphatic rings. The van der Waals surface area contributed by atoms with E-state index in [9.17, 15) is 33.9 Å². The summed E-state index contributed by atoms with van der Waals surface area (Å²) in [5, 5.41) is 14.1. The average Bonchev–Trinajstić information content (AvgIpc) is 3.52. The third-order valence-corrected chi connectivity index (χ3v) is 15.6. The Hall–Kier alpha value is -3.31. The predicted octanol–water partition coefficient (Wildman–Crippen LogP) is 5.52. The van der Waals surface area contributed by atoms with Crippen molar-refractivity contribution in [3.05, 3.63) is 46.5 Å². The second kappa shape index (κ2) is 22.4. The molecule has 7 atom stereocenters. The first-order valence-electron chi connectivity index (χ1n) is 22.4. The fourth-order valence-electron chi connectivity index (χ4n) is 10.0. The number of hydrogen-bond donors (Lipinski definition) is 4. The summed E-state index contributed by atoms with van der Waals surface area (Å²) in [4.78, 5) is 82.0. The van der Waals surface area contributed by atoms with Gasteiger partial charge in [0.25, 0.3) is 0 Å². The molecule has 0 radical (unpaired) electrons. The number of Topliss-reactive ketones (excluding diaryl/α,β-unsaturated/α-hetero) is 1. The Labute approximate surface area is 409 Å². The highest BCUT2D eigenvalue weighted by Crippen LogP contribution is 2.52. The Balaban J connectivity index is 1.08. The van der Waals surface area contributed by atoms with E-state index in [1.54, 1.807) is 26.1 Å². The summed E-state index contributed by atoms with van der Waals surface area (Å²) in [5.74, 6) is -0.569. The number of carbonyl (C=O) groups excluding carboxylic acids is 6. The lowest BCUT2D eigenvalue weighted by molar-refractivity contribution is -0.319. The van der Waals surface area contributed by atoms with Gasteiger partial charge in [-0.1, -0.05) is 35.4 Å². The number of amides is 5. The first-order valence-corrected chi connectivity index (χ1v) is 24.9. The molecule has 6 bridgehead atoms. The highest BCUT2D eigenvalue weighted by atomic mass is 127. The monoisotopic (exact) mass is 1070 g/mol. The summed E-state index contributed by atoms with van der Waals surface area (Å²) in [5.41, 5.74) is 0.881. The molecule has 3 saturated heterocycles. The number of ketones is 1. The van der Waals surface area contributed by atoms with Crippen LogP contribution in [-0.4, -0.2) is 127 Å². The number of rotatable bonds is 15. The number of likely N-dealkylation sites (tertiary alicyclic amines) is 1. The number of nitrogens with one attached hydrogen (secondary N) is 3. The number of halogens is 2. The van der Waals surface area contributed by atoms with Gasteiger partial charge in [0.1, 0.15) is 35.2 Å². The molecule has 1 aromatic rings. The van der Waals surface area contributed by atoms with E-state index in [0.29, 0.717) is 49.4 Å². The van der Waals surface area contributed by atoms with Crippen molar-refractivity contribution in [3.63, 3.8) is 0 Å². The number of nitrogens with zero attached hydrogens (tertiary/aromatic N) is 2. The number of anilines is 1. The van der Waals surface area contributed by atoms with Crippen molar-refractivity contribution >= 4 is 87.4 Å². The number of ether oxygens (including phenoxy) is 5. The van der Waals surface area contributed by atoms with Gasteiger partial charge in [0, 0.05) is 94.1 Å². The van der Waals surface area contributed by atoms with Crippen molar-refractivity contribution in [2.75, 3.05) is 51.7 Å².